The number of hydrogen-bond acceptors (Lipinski definition) is 5. The molecule has 6 rings (SSSR count). The number of piperidine rings is 1. The van der Waals surface area contributed by atoms with E-state index in [4.69, 9.17) is 9.47 Å². The molecular weight excluding hydrogens is 476 g/mol. The Morgan fingerprint density at radius 1 is 0.737 bits per heavy atom. The summed E-state index contributed by atoms with van der Waals surface area (Å²) in [5.74, 6) is 1.71. The Bertz CT molecular complexity index is 1400. The molecule has 0 bridgehead atoms. The van der Waals surface area contributed by atoms with Crippen molar-refractivity contribution in [2.75, 3.05) is 45.9 Å². The van der Waals surface area contributed by atoms with E-state index in [2.05, 4.69) is 44.7 Å². The highest BCUT2D eigenvalue weighted by Gasteiger charge is 2.25. The van der Waals surface area contributed by atoms with E-state index in [1.54, 1.807) is 0 Å². The average Bonchev–Trinajstić information content (AvgIpc) is 3.24. The van der Waals surface area contributed by atoms with Crippen LogP contribution in [0.4, 0.5) is 0 Å². The zero-order valence-corrected chi connectivity index (χ0v) is 21.9. The van der Waals surface area contributed by atoms with E-state index < -0.39 is 0 Å². The molecule has 0 aliphatic carbocycles. The number of nitrogens with zero attached hydrogens (tertiary/aromatic N) is 4. The number of aromatic nitrogens is 2. The molecule has 4 aromatic rings. The summed E-state index contributed by atoms with van der Waals surface area (Å²) >= 11 is 0. The lowest BCUT2D eigenvalue weighted by Crippen LogP contribution is -2.40. The molecule has 1 aromatic heterocycles. The highest BCUT2D eigenvalue weighted by atomic mass is 16.5. The third-order valence-electron chi connectivity index (χ3n) is 7.82. The molecule has 2 fully saturated rings. The Labute approximate surface area is 223 Å². The van der Waals surface area contributed by atoms with Gasteiger partial charge in [0, 0.05) is 51.9 Å². The monoisotopic (exact) mass is 512 g/mol. The summed E-state index contributed by atoms with van der Waals surface area (Å²) in [5, 5.41) is 0. The fraction of sp³-hybridized carbons (Fsp3) is 0.387. The third-order valence-corrected chi connectivity index (χ3v) is 7.82. The summed E-state index contributed by atoms with van der Waals surface area (Å²) in [6, 6.07) is 26.8. The first-order valence-corrected chi connectivity index (χ1v) is 13.8. The maximum absolute atomic E-state index is 13.7. The second-order valence-electron chi connectivity index (χ2n) is 10.3. The van der Waals surface area contributed by atoms with Crippen LogP contribution in [0, 0.1) is 0 Å². The van der Waals surface area contributed by atoms with Gasteiger partial charge in [0.1, 0.15) is 11.5 Å². The van der Waals surface area contributed by atoms with Gasteiger partial charge < -0.3 is 9.47 Å². The van der Waals surface area contributed by atoms with Gasteiger partial charge >= 0.3 is 5.69 Å². The van der Waals surface area contributed by atoms with Crippen molar-refractivity contribution in [2.24, 2.45) is 0 Å². The Balaban J connectivity index is 1.12. The quantitative estimate of drug-likeness (QED) is 0.341. The summed E-state index contributed by atoms with van der Waals surface area (Å²) in [5.41, 5.74) is 3.48. The Morgan fingerprint density at radius 2 is 1.45 bits per heavy atom. The summed E-state index contributed by atoms with van der Waals surface area (Å²) in [7, 11) is 0. The van der Waals surface area contributed by atoms with Gasteiger partial charge in [-0.15, -0.1) is 0 Å². The number of imidazole rings is 1. The maximum atomic E-state index is 13.7. The predicted octanol–water partition coefficient (Wildman–Crippen LogP) is 4.76. The van der Waals surface area contributed by atoms with Crippen LogP contribution >= 0.6 is 0 Å². The Kier molecular flexibility index (Phi) is 7.58. The van der Waals surface area contributed by atoms with E-state index in [9.17, 15) is 4.79 Å². The lowest BCUT2D eigenvalue weighted by Gasteiger charge is -2.32. The highest BCUT2D eigenvalue weighted by Crippen LogP contribution is 2.28. The molecule has 3 heterocycles. The number of benzene rings is 3. The van der Waals surface area contributed by atoms with Gasteiger partial charge in [-0.3, -0.25) is 18.9 Å². The van der Waals surface area contributed by atoms with Crippen molar-refractivity contribution in [1.82, 2.24) is 18.9 Å². The van der Waals surface area contributed by atoms with Crippen LogP contribution in [0.25, 0.3) is 11.0 Å². The van der Waals surface area contributed by atoms with Crippen LogP contribution in [0.2, 0.25) is 0 Å². The van der Waals surface area contributed by atoms with Crippen LogP contribution < -0.4 is 10.4 Å². The number of ether oxygens (including phenoxy) is 2. The van der Waals surface area contributed by atoms with Crippen molar-refractivity contribution in [3.8, 4) is 11.5 Å². The molecule has 0 N–H and O–H groups in total. The van der Waals surface area contributed by atoms with Crippen LogP contribution in [-0.4, -0.2) is 64.9 Å². The number of fused-ring (bicyclic) bond motifs is 1. The number of rotatable bonds is 8. The van der Waals surface area contributed by atoms with Crippen LogP contribution in [0.1, 0.15) is 24.4 Å². The first-order valence-electron chi connectivity index (χ1n) is 13.8. The topological polar surface area (TPSA) is 51.9 Å². The molecule has 198 valence electrons. The standard InChI is InChI=1S/C31H36N4O3/c36-31-34(18-17-32-19-21-37-22-20-32)29-11-4-5-12-30(29)35(31)26-13-15-33(16-14-26)24-25-7-6-10-28(23-25)38-27-8-2-1-3-9-27/h1-12,23,26H,13-22,24H2. The van der Waals surface area contributed by atoms with Gasteiger partial charge in [0.05, 0.1) is 24.2 Å². The summed E-state index contributed by atoms with van der Waals surface area (Å²) < 4.78 is 15.6. The lowest BCUT2D eigenvalue weighted by molar-refractivity contribution is 0.0364. The van der Waals surface area contributed by atoms with Crippen LogP contribution in [0.5, 0.6) is 11.5 Å². The zero-order valence-electron chi connectivity index (χ0n) is 21.9. The molecule has 2 saturated heterocycles. The minimum absolute atomic E-state index is 0.128. The Morgan fingerprint density at radius 3 is 2.24 bits per heavy atom. The molecule has 0 radical (unpaired) electrons. The molecule has 7 nitrogen and oxygen atoms in total. The van der Waals surface area contributed by atoms with Crippen LogP contribution in [0.15, 0.2) is 83.7 Å². The van der Waals surface area contributed by atoms with Gasteiger partial charge in [0.2, 0.25) is 0 Å². The summed E-state index contributed by atoms with van der Waals surface area (Å²) in [6.07, 6.45) is 1.94. The van der Waals surface area contributed by atoms with Gasteiger partial charge in [-0.25, -0.2) is 4.79 Å². The minimum Gasteiger partial charge on any atom is -0.457 e. The molecule has 0 amide bonds. The minimum atomic E-state index is 0.128. The van der Waals surface area contributed by atoms with Gasteiger partial charge in [0.25, 0.3) is 0 Å². The predicted molar refractivity (Wildman–Crippen MR) is 150 cm³/mol. The fourth-order valence-electron chi connectivity index (χ4n) is 5.79. The second kappa shape index (κ2) is 11.6. The third kappa shape index (κ3) is 5.55. The molecule has 38 heavy (non-hydrogen) atoms. The smallest absolute Gasteiger partial charge is 0.329 e. The van der Waals surface area contributed by atoms with E-state index in [1.165, 1.54) is 5.56 Å². The molecule has 7 heteroatoms. The lowest BCUT2D eigenvalue weighted by atomic mass is 10.0. The number of morpholine rings is 1. The highest BCUT2D eigenvalue weighted by molar-refractivity contribution is 5.76. The van der Waals surface area contributed by atoms with Gasteiger partial charge in [-0.2, -0.15) is 0 Å². The molecule has 2 aliphatic heterocycles. The normalized spacial score (nSPS) is 17.7. The number of hydrogen-bond donors (Lipinski definition) is 0. The molecular formula is C31H36N4O3. The zero-order chi connectivity index (χ0) is 25.7. The van der Waals surface area contributed by atoms with Gasteiger partial charge in [-0.05, 0) is 54.8 Å². The molecule has 0 atom stereocenters. The van der Waals surface area contributed by atoms with Crippen molar-refractivity contribution < 1.29 is 9.47 Å². The van der Waals surface area contributed by atoms with Crippen LogP contribution in [-0.2, 0) is 17.8 Å². The largest absolute Gasteiger partial charge is 0.457 e. The van der Waals surface area contributed by atoms with Crippen molar-refractivity contribution in [2.45, 2.75) is 32.0 Å². The van der Waals surface area contributed by atoms with E-state index >= 15 is 0 Å². The van der Waals surface area contributed by atoms with Crippen LogP contribution in [0.3, 0.4) is 0 Å². The van der Waals surface area contributed by atoms with E-state index in [1.807, 2.05) is 53.1 Å². The number of para-hydroxylation sites is 3. The van der Waals surface area contributed by atoms with Crippen molar-refractivity contribution in [1.29, 1.82) is 0 Å². The SMILES string of the molecule is O=c1n(CCN2CCOCC2)c2ccccc2n1C1CCN(Cc2cccc(Oc3ccccc3)c2)CC1. The van der Waals surface area contributed by atoms with Crippen molar-refractivity contribution in [3.05, 3.63) is 94.9 Å². The maximum Gasteiger partial charge on any atom is 0.329 e. The van der Waals surface area contributed by atoms with E-state index in [0.29, 0.717) is 6.54 Å². The van der Waals surface area contributed by atoms with Crippen molar-refractivity contribution >= 4 is 11.0 Å². The molecule has 3 aromatic carbocycles. The summed E-state index contributed by atoms with van der Waals surface area (Å²) in [6.45, 7) is 7.84. The molecule has 2 aliphatic rings. The first kappa shape index (κ1) is 24.9. The number of likely N-dealkylation sites (tertiary alicyclic amines) is 1. The molecule has 0 spiro atoms. The molecule has 0 unspecified atom stereocenters. The van der Waals surface area contributed by atoms with E-state index in [-0.39, 0.29) is 11.7 Å². The summed E-state index contributed by atoms with van der Waals surface area (Å²) in [4.78, 5) is 18.6. The van der Waals surface area contributed by atoms with E-state index in [0.717, 1.165) is 87.9 Å². The second-order valence-corrected chi connectivity index (χ2v) is 10.3. The molecule has 0 saturated carbocycles. The fourth-order valence-corrected chi connectivity index (χ4v) is 5.79. The van der Waals surface area contributed by atoms with Gasteiger partial charge in [0.15, 0.2) is 0 Å². The van der Waals surface area contributed by atoms with Crippen molar-refractivity contribution in [3.63, 3.8) is 0 Å². The van der Waals surface area contributed by atoms with Gasteiger partial charge in [-0.1, -0.05) is 42.5 Å². The first-order chi connectivity index (χ1) is 18.7. The Hall–Kier alpha value is -3.39. The average molecular weight is 513 g/mol.